The number of unbranched alkanes of at least 4 members (excludes halogenated alkanes) is 7. The normalized spacial score (nSPS) is 11.2. The van der Waals surface area contributed by atoms with Gasteiger partial charge >= 0.3 is 69.3 Å². The third-order valence-electron chi connectivity index (χ3n) is 4.76. The van der Waals surface area contributed by atoms with Gasteiger partial charge in [0, 0.05) is 11.1 Å². The molecule has 0 atom stereocenters. The molecule has 0 heterocycles. The number of hydrogen-bond acceptors (Lipinski definition) is 8. The van der Waals surface area contributed by atoms with Gasteiger partial charge < -0.3 is 15.6 Å². The average molecular weight is 531 g/mol. The SMILES string of the molecule is C=C(C)C(=O)OCC(C)(COC(=O)C(=C)C)C(=O)OCCCCCCCCCCS(=O)(=O)O.[H-].[K+]. The Hall–Kier alpha value is -0.564. The van der Waals surface area contributed by atoms with Crippen LogP contribution in [0.2, 0.25) is 0 Å². The van der Waals surface area contributed by atoms with Crippen molar-refractivity contribution in [1.29, 1.82) is 0 Å². The van der Waals surface area contributed by atoms with Crippen molar-refractivity contribution >= 4 is 28.0 Å². The van der Waals surface area contributed by atoms with E-state index >= 15 is 0 Å². The molecule has 9 nitrogen and oxygen atoms in total. The van der Waals surface area contributed by atoms with Crippen molar-refractivity contribution in [3.8, 4) is 0 Å². The topological polar surface area (TPSA) is 133 Å². The maximum absolute atomic E-state index is 12.6. The van der Waals surface area contributed by atoms with Gasteiger partial charge in [0.1, 0.15) is 18.6 Å². The molecular weight excluding hydrogens is 491 g/mol. The predicted molar refractivity (Wildman–Crippen MR) is 125 cm³/mol. The van der Waals surface area contributed by atoms with E-state index in [1.807, 2.05) is 0 Å². The summed E-state index contributed by atoms with van der Waals surface area (Å²) in [5, 5.41) is 0. The summed E-state index contributed by atoms with van der Waals surface area (Å²) >= 11 is 0. The molecule has 11 heteroatoms. The van der Waals surface area contributed by atoms with E-state index in [0.29, 0.717) is 12.8 Å². The Morgan fingerprint density at radius 1 is 0.794 bits per heavy atom. The molecule has 0 rings (SSSR count). The van der Waals surface area contributed by atoms with Crippen LogP contribution in [0.5, 0.6) is 0 Å². The Labute approximate surface area is 247 Å². The van der Waals surface area contributed by atoms with Crippen molar-refractivity contribution in [3.05, 3.63) is 24.3 Å². The van der Waals surface area contributed by atoms with Gasteiger partial charge in [-0.2, -0.15) is 8.42 Å². The van der Waals surface area contributed by atoms with E-state index in [9.17, 15) is 22.8 Å². The van der Waals surface area contributed by atoms with Gasteiger partial charge in [-0.3, -0.25) is 9.35 Å². The maximum Gasteiger partial charge on any atom is 1.00 e. The zero-order valence-corrected chi connectivity index (χ0v) is 25.0. The second-order valence-corrected chi connectivity index (χ2v) is 10.1. The first-order valence-electron chi connectivity index (χ1n) is 11.1. The van der Waals surface area contributed by atoms with Crippen molar-refractivity contribution in [2.45, 2.75) is 72.1 Å². The van der Waals surface area contributed by atoms with E-state index in [0.717, 1.165) is 38.5 Å². The van der Waals surface area contributed by atoms with Gasteiger partial charge in [0.05, 0.1) is 12.4 Å². The van der Waals surface area contributed by atoms with Crippen LogP contribution in [0.15, 0.2) is 24.3 Å². The van der Waals surface area contributed by atoms with Gasteiger partial charge in [-0.05, 0) is 33.6 Å². The zero-order chi connectivity index (χ0) is 25.5. The molecule has 192 valence electrons. The molecule has 0 aliphatic heterocycles. The van der Waals surface area contributed by atoms with Crippen LogP contribution in [0.3, 0.4) is 0 Å². The fraction of sp³-hybridized carbons (Fsp3) is 0.696. The molecule has 34 heavy (non-hydrogen) atoms. The van der Waals surface area contributed by atoms with Crippen LogP contribution < -0.4 is 51.4 Å². The number of ether oxygens (including phenoxy) is 3. The first-order chi connectivity index (χ1) is 15.3. The first kappa shape index (κ1) is 35.6. The Kier molecular flexibility index (Phi) is 19.5. The third-order valence-corrected chi connectivity index (χ3v) is 5.57. The van der Waals surface area contributed by atoms with Crippen LogP contribution in [0.1, 0.15) is 73.6 Å². The number of rotatable bonds is 18. The minimum Gasteiger partial charge on any atom is -1.00 e. The van der Waals surface area contributed by atoms with Crippen molar-refractivity contribution in [1.82, 2.24) is 0 Å². The molecule has 0 amide bonds. The van der Waals surface area contributed by atoms with Crippen LogP contribution >= 0.6 is 0 Å². The number of carbonyl (C=O) groups is 3. The van der Waals surface area contributed by atoms with Gasteiger partial charge in [0.25, 0.3) is 10.1 Å². The minimum atomic E-state index is -3.87. The number of esters is 3. The molecular formula is C23H39KO9S. The van der Waals surface area contributed by atoms with E-state index < -0.39 is 33.4 Å². The van der Waals surface area contributed by atoms with Crippen LogP contribution in [0, 0.1) is 5.41 Å². The summed E-state index contributed by atoms with van der Waals surface area (Å²) in [5.41, 5.74) is -0.996. The van der Waals surface area contributed by atoms with Crippen LogP contribution in [-0.4, -0.2) is 56.5 Å². The fourth-order valence-corrected chi connectivity index (χ4v) is 3.21. The quantitative estimate of drug-likeness (QED) is 0.0685. The first-order valence-corrected chi connectivity index (χ1v) is 12.7. The number of carbonyl (C=O) groups excluding carboxylic acids is 3. The van der Waals surface area contributed by atoms with Gasteiger partial charge in [-0.25, -0.2) is 9.59 Å². The molecule has 0 unspecified atom stereocenters. The summed E-state index contributed by atoms with van der Waals surface area (Å²) < 4.78 is 45.5. The second kappa shape index (κ2) is 18.7. The van der Waals surface area contributed by atoms with Gasteiger partial charge in [-0.15, -0.1) is 0 Å². The minimum absolute atomic E-state index is 0. The molecule has 0 aromatic heterocycles. The average Bonchev–Trinajstić information content (AvgIpc) is 2.72. The molecule has 0 spiro atoms. The summed E-state index contributed by atoms with van der Waals surface area (Å²) in [5.74, 6) is -2.14. The third kappa shape index (κ3) is 17.8. The molecule has 0 aliphatic rings. The van der Waals surface area contributed by atoms with E-state index in [1.54, 1.807) is 0 Å². The van der Waals surface area contributed by atoms with Crippen molar-refractivity contribution in [2.75, 3.05) is 25.6 Å². The monoisotopic (exact) mass is 530 g/mol. The molecule has 0 saturated carbocycles. The Morgan fingerprint density at radius 2 is 1.18 bits per heavy atom. The predicted octanol–water partition coefficient (Wildman–Crippen LogP) is 0.900. The smallest absolute Gasteiger partial charge is 1.00 e. The summed E-state index contributed by atoms with van der Waals surface area (Å²) in [6.45, 7) is 11.0. The molecule has 0 aliphatic carbocycles. The van der Waals surface area contributed by atoms with Gasteiger partial charge in [0.2, 0.25) is 0 Å². The number of hydrogen-bond donors (Lipinski definition) is 1. The van der Waals surface area contributed by atoms with E-state index in [4.69, 9.17) is 18.8 Å². The van der Waals surface area contributed by atoms with Crippen LogP contribution in [0.25, 0.3) is 0 Å². The second-order valence-electron chi connectivity index (χ2n) is 8.52. The molecule has 0 aromatic carbocycles. The summed E-state index contributed by atoms with van der Waals surface area (Å²) in [6.07, 6.45) is 6.50. The molecule has 1 N–H and O–H groups in total. The summed E-state index contributed by atoms with van der Waals surface area (Å²) in [4.78, 5) is 36.1. The van der Waals surface area contributed by atoms with Gasteiger partial charge in [0.15, 0.2) is 0 Å². The summed E-state index contributed by atoms with van der Waals surface area (Å²) in [6, 6.07) is 0. The molecule has 0 fully saturated rings. The van der Waals surface area contributed by atoms with E-state index in [1.165, 1.54) is 20.8 Å². The van der Waals surface area contributed by atoms with Gasteiger partial charge in [-0.1, -0.05) is 51.7 Å². The van der Waals surface area contributed by atoms with E-state index in [-0.39, 0.29) is 89.5 Å². The van der Waals surface area contributed by atoms with Crippen molar-refractivity contribution in [3.63, 3.8) is 0 Å². The molecule has 0 bridgehead atoms. The Balaban J connectivity index is -0.00000512. The maximum atomic E-state index is 12.6. The standard InChI is InChI=1S/C23H38O9S.K.H/c1-18(2)20(24)31-16-23(5,17-32-21(25)19(3)4)22(26)30-14-12-10-8-6-7-9-11-13-15-33(27,28)29;;/h1,3,6-17H2,2,4-5H3,(H,27,28,29);;/q;+1;-1. The summed E-state index contributed by atoms with van der Waals surface area (Å²) in [7, 11) is -3.87. The Morgan fingerprint density at radius 3 is 1.56 bits per heavy atom. The molecule has 0 radical (unpaired) electrons. The van der Waals surface area contributed by atoms with Crippen LogP contribution in [-0.2, 0) is 38.7 Å². The molecule has 0 saturated heterocycles. The van der Waals surface area contributed by atoms with Crippen molar-refractivity contribution < 1.29 is 94.4 Å². The van der Waals surface area contributed by atoms with E-state index in [2.05, 4.69) is 13.2 Å². The largest absolute Gasteiger partial charge is 1.00 e. The molecule has 0 aromatic rings. The Bertz CT molecular complexity index is 767. The zero-order valence-electron chi connectivity index (χ0n) is 22.0. The van der Waals surface area contributed by atoms with Crippen molar-refractivity contribution in [2.24, 2.45) is 5.41 Å². The van der Waals surface area contributed by atoms with Crippen LogP contribution in [0.4, 0.5) is 0 Å². The fourth-order valence-electron chi connectivity index (χ4n) is 2.64.